The minimum atomic E-state index is -0.525. The van der Waals surface area contributed by atoms with Gasteiger partial charge in [0.05, 0.1) is 13.2 Å². The summed E-state index contributed by atoms with van der Waals surface area (Å²) in [6, 6.07) is 13.5. The number of rotatable bonds is 5. The maximum Gasteiger partial charge on any atom is 0.275 e. The van der Waals surface area contributed by atoms with Crippen LogP contribution in [0.1, 0.15) is 38.2 Å². The summed E-state index contributed by atoms with van der Waals surface area (Å²) in [5.74, 6) is -1.26. The highest BCUT2D eigenvalue weighted by atomic mass is 79.9. The van der Waals surface area contributed by atoms with Crippen LogP contribution in [0.5, 0.6) is 0 Å². The van der Waals surface area contributed by atoms with Gasteiger partial charge in [-0.2, -0.15) is 0 Å². The summed E-state index contributed by atoms with van der Waals surface area (Å²) < 4.78 is 19.9. The van der Waals surface area contributed by atoms with Crippen molar-refractivity contribution >= 4 is 27.7 Å². The van der Waals surface area contributed by atoms with Gasteiger partial charge in [0.25, 0.3) is 11.8 Å². The first-order valence-electron chi connectivity index (χ1n) is 10.0. The molecule has 9 heteroatoms. The Hall–Kier alpha value is -3.17. The molecule has 1 unspecified atom stereocenters. The van der Waals surface area contributed by atoms with E-state index in [-0.39, 0.29) is 35.8 Å². The normalized spacial score (nSPS) is 15.9. The molecule has 32 heavy (non-hydrogen) atoms. The van der Waals surface area contributed by atoms with Gasteiger partial charge in [0, 0.05) is 30.0 Å². The zero-order valence-electron chi connectivity index (χ0n) is 17.0. The van der Waals surface area contributed by atoms with Gasteiger partial charge >= 0.3 is 0 Å². The number of nitrogens with zero attached hydrogens (tertiary/aromatic N) is 3. The van der Waals surface area contributed by atoms with Crippen molar-refractivity contribution in [3.05, 3.63) is 93.7 Å². The van der Waals surface area contributed by atoms with Gasteiger partial charge in [-0.3, -0.25) is 9.59 Å². The van der Waals surface area contributed by atoms with Gasteiger partial charge < -0.3 is 15.0 Å². The fraction of sp³-hybridized carbons (Fsp3) is 0.217. The van der Waals surface area contributed by atoms with Crippen molar-refractivity contribution in [2.75, 3.05) is 19.7 Å². The summed E-state index contributed by atoms with van der Waals surface area (Å²) >= 11 is 3.41. The van der Waals surface area contributed by atoms with Gasteiger partial charge in [-0.1, -0.05) is 40.2 Å². The molecule has 1 aliphatic heterocycles. The molecule has 3 aromatic rings. The Labute approximate surface area is 192 Å². The van der Waals surface area contributed by atoms with E-state index in [4.69, 9.17) is 4.74 Å². The Kier molecular flexibility index (Phi) is 6.87. The van der Waals surface area contributed by atoms with Crippen LogP contribution in [0.2, 0.25) is 0 Å². The Morgan fingerprint density at radius 3 is 2.47 bits per heavy atom. The minimum absolute atomic E-state index is 0.0134. The van der Waals surface area contributed by atoms with Crippen LogP contribution >= 0.6 is 15.9 Å². The molecule has 7 nitrogen and oxygen atoms in total. The quantitative estimate of drug-likeness (QED) is 0.581. The van der Waals surface area contributed by atoms with E-state index in [0.717, 1.165) is 15.6 Å². The van der Waals surface area contributed by atoms with E-state index in [1.807, 2.05) is 24.3 Å². The van der Waals surface area contributed by atoms with Crippen LogP contribution in [0, 0.1) is 5.82 Å². The van der Waals surface area contributed by atoms with Gasteiger partial charge in [-0.25, -0.2) is 14.4 Å². The molecule has 1 N–H and O–H groups in total. The zero-order valence-corrected chi connectivity index (χ0v) is 18.6. The average molecular weight is 499 g/mol. The van der Waals surface area contributed by atoms with E-state index >= 15 is 0 Å². The third kappa shape index (κ3) is 5.17. The molecule has 0 aliphatic carbocycles. The molecule has 0 bridgehead atoms. The molecular formula is C23H20BrFN4O3. The monoisotopic (exact) mass is 498 g/mol. The smallest absolute Gasteiger partial charge is 0.275 e. The van der Waals surface area contributed by atoms with Crippen molar-refractivity contribution in [3.8, 4) is 0 Å². The van der Waals surface area contributed by atoms with Gasteiger partial charge in [-0.05, 0) is 35.4 Å². The van der Waals surface area contributed by atoms with Crippen molar-refractivity contribution in [2.24, 2.45) is 0 Å². The number of carbonyl (C=O) groups excluding carboxylic acids is 2. The average Bonchev–Trinajstić information content (AvgIpc) is 2.83. The predicted octanol–water partition coefficient (Wildman–Crippen LogP) is 3.52. The van der Waals surface area contributed by atoms with Crippen LogP contribution in [0.15, 0.2) is 65.4 Å². The van der Waals surface area contributed by atoms with E-state index in [0.29, 0.717) is 19.7 Å². The van der Waals surface area contributed by atoms with Crippen LogP contribution in [0.4, 0.5) is 4.39 Å². The Bertz CT molecular complexity index is 1110. The molecule has 0 radical (unpaired) electrons. The Balaban J connectivity index is 1.47. The second kappa shape index (κ2) is 9.97. The van der Waals surface area contributed by atoms with Crippen molar-refractivity contribution in [1.82, 2.24) is 20.2 Å². The predicted molar refractivity (Wildman–Crippen MR) is 118 cm³/mol. The third-order valence-corrected chi connectivity index (χ3v) is 5.61. The second-order valence-corrected chi connectivity index (χ2v) is 8.14. The van der Waals surface area contributed by atoms with Gasteiger partial charge in [0.1, 0.15) is 11.9 Å². The molecule has 0 saturated carbocycles. The number of ether oxygens (including phenoxy) is 1. The van der Waals surface area contributed by atoms with E-state index in [9.17, 15) is 14.0 Å². The number of halogens is 2. The zero-order chi connectivity index (χ0) is 22.5. The van der Waals surface area contributed by atoms with Crippen molar-refractivity contribution in [3.63, 3.8) is 0 Å². The number of carbonyl (C=O) groups is 2. The lowest BCUT2D eigenvalue weighted by Gasteiger charge is -2.33. The van der Waals surface area contributed by atoms with Crippen LogP contribution in [0.25, 0.3) is 0 Å². The fourth-order valence-corrected chi connectivity index (χ4v) is 3.66. The van der Waals surface area contributed by atoms with Gasteiger partial charge in [-0.15, -0.1) is 0 Å². The molecule has 2 aromatic carbocycles. The van der Waals surface area contributed by atoms with Crippen LogP contribution in [0.3, 0.4) is 0 Å². The molecular weight excluding hydrogens is 479 g/mol. The van der Waals surface area contributed by atoms with Crippen molar-refractivity contribution < 1.29 is 18.7 Å². The molecule has 2 heterocycles. The highest BCUT2D eigenvalue weighted by molar-refractivity contribution is 9.10. The van der Waals surface area contributed by atoms with Crippen molar-refractivity contribution in [2.45, 2.75) is 12.6 Å². The van der Waals surface area contributed by atoms with E-state index in [1.54, 1.807) is 17.0 Å². The summed E-state index contributed by atoms with van der Waals surface area (Å²) in [5, 5.41) is 2.71. The lowest BCUT2D eigenvalue weighted by Crippen LogP contribution is -2.43. The fourth-order valence-electron chi connectivity index (χ4n) is 3.39. The topological polar surface area (TPSA) is 84.4 Å². The van der Waals surface area contributed by atoms with Gasteiger partial charge in [0.2, 0.25) is 0 Å². The maximum absolute atomic E-state index is 13.2. The molecule has 1 aliphatic rings. The highest BCUT2D eigenvalue weighted by Crippen LogP contribution is 2.25. The van der Waals surface area contributed by atoms with E-state index < -0.39 is 5.91 Å². The Morgan fingerprint density at radius 1 is 1.06 bits per heavy atom. The summed E-state index contributed by atoms with van der Waals surface area (Å²) in [6.45, 7) is 1.28. The van der Waals surface area contributed by atoms with Crippen molar-refractivity contribution in [1.29, 1.82) is 0 Å². The van der Waals surface area contributed by atoms with Crippen LogP contribution in [-0.2, 0) is 11.3 Å². The standard InChI is InChI=1S/C23H20BrFN4O3/c24-17-5-3-16(4-6-17)19-14-29(11-12-32-19)23(31)21-20(26-9-10-27-21)22(30)28-13-15-1-7-18(25)8-2-15/h1-10,19H,11-14H2,(H,28,30). The number of hydrogen-bond donors (Lipinski definition) is 1. The lowest BCUT2D eigenvalue weighted by molar-refractivity contribution is -0.0230. The van der Waals surface area contributed by atoms with Crippen LogP contribution < -0.4 is 5.32 Å². The third-order valence-electron chi connectivity index (χ3n) is 5.08. The molecule has 164 valence electrons. The summed E-state index contributed by atoms with van der Waals surface area (Å²) in [6.07, 6.45) is 2.48. The number of amides is 2. The first kappa shape index (κ1) is 22.0. The molecule has 1 aromatic heterocycles. The molecule has 1 saturated heterocycles. The number of nitrogens with one attached hydrogen (secondary N) is 1. The number of aromatic nitrogens is 2. The van der Waals surface area contributed by atoms with Gasteiger partial charge in [0.15, 0.2) is 11.4 Å². The summed E-state index contributed by atoms with van der Waals surface area (Å²) in [5.41, 5.74) is 1.62. The molecule has 1 fully saturated rings. The summed E-state index contributed by atoms with van der Waals surface area (Å²) in [7, 11) is 0. The SMILES string of the molecule is O=C(NCc1ccc(F)cc1)c1nccnc1C(=O)N1CCOC(c2ccc(Br)cc2)C1. The molecule has 0 spiro atoms. The maximum atomic E-state index is 13.2. The summed E-state index contributed by atoms with van der Waals surface area (Å²) in [4.78, 5) is 35.8. The molecule has 4 rings (SSSR count). The first-order valence-corrected chi connectivity index (χ1v) is 10.8. The Morgan fingerprint density at radius 2 is 1.75 bits per heavy atom. The number of hydrogen-bond acceptors (Lipinski definition) is 5. The van der Waals surface area contributed by atoms with E-state index in [2.05, 4.69) is 31.2 Å². The van der Waals surface area contributed by atoms with E-state index in [1.165, 1.54) is 24.5 Å². The second-order valence-electron chi connectivity index (χ2n) is 7.22. The number of morpholine rings is 1. The lowest BCUT2D eigenvalue weighted by atomic mass is 10.1. The molecule has 1 atom stereocenters. The molecule has 2 amide bonds. The number of benzene rings is 2. The largest absolute Gasteiger partial charge is 0.370 e. The first-order chi connectivity index (χ1) is 15.5. The minimum Gasteiger partial charge on any atom is -0.370 e. The van der Waals surface area contributed by atoms with Crippen LogP contribution in [-0.4, -0.2) is 46.4 Å². The highest BCUT2D eigenvalue weighted by Gasteiger charge is 2.30.